The summed E-state index contributed by atoms with van der Waals surface area (Å²) in [6.45, 7) is 4.37. The van der Waals surface area contributed by atoms with Crippen molar-refractivity contribution in [1.29, 1.82) is 5.26 Å². The molecule has 284 valence electrons. The molecule has 5 aromatic rings. The van der Waals surface area contributed by atoms with Gasteiger partial charge >= 0.3 is 0 Å². The fraction of sp³-hybridized carbons (Fsp3) is 0.233. The van der Waals surface area contributed by atoms with Crippen LogP contribution in [0.2, 0.25) is 0 Å². The van der Waals surface area contributed by atoms with Crippen LogP contribution in [0.1, 0.15) is 27.8 Å². The van der Waals surface area contributed by atoms with Gasteiger partial charge in [0.05, 0.1) is 38.7 Å². The van der Waals surface area contributed by atoms with Gasteiger partial charge in [0.25, 0.3) is 0 Å². The van der Waals surface area contributed by atoms with Gasteiger partial charge in [-0.3, -0.25) is 9.69 Å². The van der Waals surface area contributed by atoms with Crippen molar-refractivity contribution in [3.63, 3.8) is 0 Å². The number of ether oxygens (including phenoxy) is 5. The Morgan fingerprint density at radius 2 is 1.53 bits per heavy atom. The zero-order valence-corrected chi connectivity index (χ0v) is 31.5. The van der Waals surface area contributed by atoms with E-state index < -0.39 is 0 Å². The number of methoxy groups -OCH3 is 2. The predicted octanol–water partition coefficient (Wildman–Crippen LogP) is 7.88. The second kappa shape index (κ2) is 19.8. The van der Waals surface area contributed by atoms with Crippen LogP contribution in [-0.4, -0.2) is 67.7 Å². The van der Waals surface area contributed by atoms with Gasteiger partial charge in [-0.25, -0.2) is 9.37 Å². The molecule has 4 aromatic carbocycles. The number of piperazine rings is 1. The van der Waals surface area contributed by atoms with Crippen molar-refractivity contribution in [2.45, 2.75) is 19.6 Å². The van der Waals surface area contributed by atoms with Gasteiger partial charge in [0.15, 0.2) is 11.5 Å². The van der Waals surface area contributed by atoms with E-state index in [4.69, 9.17) is 23.7 Å². The molecule has 12 heteroatoms. The molecular formula is C43H42ClFN4O6. The average Bonchev–Trinajstić information content (AvgIpc) is 3.21. The predicted molar refractivity (Wildman–Crippen MR) is 210 cm³/mol. The van der Waals surface area contributed by atoms with Crippen LogP contribution < -0.4 is 23.7 Å². The van der Waals surface area contributed by atoms with Crippen LogP contribution in [0.15, 0.2) is 109 Å². The molecule has 10 nitrogen and oxygen atoms in total. The number of hydrogen-bond acceptors (Lipinski definition) is 9. The number of nitrogens with zero attached hydrogens (tertiary/aromatic N) is 4. The van der Waals surface area contributed by atoms with Crippen molar-refractivity contribution in [2.24, 2.45) is 0 Å². The van der Waals surface area contributed by atoms with Crippen LogP contribution in [0.5, 0.6) is 34.6 Å². The molecule has 0 unspecified atom stereocenters. The number of nitriles is 1. The molecule has 0 spiro atoms. The zero-order valence-electron chi connectivity index (χ0n) is 30.7. The molecule has 0 aliphatic carbocycles. The summed E-state index contributed by atoms with van der Waals surface area (Å²) in [6, 6.07) is 30.9. The van der Waals surface area contributed by atoms with Gasteiger partial charge in [0, 0.05) is 56.9 Å². The lowest BCUT2D eigenvalue weighted by molar-refractivity contribution is -0.127. The van der Waals surface area contributed by atoms with E-state index >= 15 is 0 Å². The van der Waals surface area contributed by atoms with Crippen molar-refractivity contribution in [3.05, 3.63) is 143 Å². The largest absolute Gasteiger partial charge is 0.493 e. The fourth-order valence-electron chi connectivity index (χ4n) is 5.92. The fourth-order valence-corrected chi connectivity index (χ4v) is 5.92. The minimum atomic E-state index is -0.279. The molecule has 2 heterocycles. The number of rotatable bonds is 15. The Balaban J connectivity index is 0.00000580. The van der Waals surface area contributed by atoms with Gasteiger partial charge in [-0.15, -0.1) is 12.4 Å². The Bertz CT molecular complexity index is 2060. The number of pyridine rings is 1. The number of hydrogen-bond donors (Lipinski definition) is 0. The SMILES string of the molecule is COc1cc(C=CC(=O)N2CCN(Cc3ccc(CCOc4ccc(F)cc4)cc3)CC2)cc(OC)c1Oc1ccc(OCc2ccccc2C#N)cn1.Cl. The molecule has 6 rings (SSSR count). The molecule has 1 aromatic heterocycles. The number of amides is 1. The molecular weight excluding hydrogens is 723 g/mol. The van der Waals surface area contributed by atoms with Gasteiger partial charge in [-0.1, -0.05) is 42.5 Å². The maximum atomic E-state index is 13.1. The van der Waals surface area contributed by atoms with Crippen LogP contribution in [-0.2, 0) is 24.4 Å². The Morgan fingerprint density at radius 1 is 0.855 bits per heavy atom. The summed E-state index contributed by atoms with van der Waals surface area (Å²) < 4.78 is 41.9. The van der Waals surface area contributed by atoms with E-state index in [2.05, 4.69) is 40.2 Å². The summed E-state index contributed by atoms with van der Waals surface area (Å²) >= 11 is 0. The first-order chi connectivity index (χ1) is 26.4. The summed E-state index contributed by atoms with van der Waals surface area (Å²) in [6.07, 6.45) is 5.61. The highest BCUT2D eigenvalue weighted by Gasteiger charge is 2.20. The van der Waals surface area contributed by atoms with Crippen molar-refractivity contribution < 1.29 is 32.9 Å². The van der Waals surface area contributed by atoms with E-state index in [0.717, 1.165) is 31.6 Å². The molecule has 0 bridgehead atoms. The number of halogens is 2. The molecule has 1 fully saturated rings. The van der Waals surface area contributed by atoms with Gasteiger partial charge < -0.3 is 28.6 Å². The van der Waals surface area contributed by atoms with Crippen molar-refractivity contribution in [2.75, 3.05) is 47.0 Å². The maximum absolute atomic E-state index is 13.1. The number of benzene rings is 4. The number of carbonyl (C=O) groups is 1. The van der Waals surface area contributed by atoms with Crippen molar-refractivity contribution in [1.82, 2.24) is 14.8 Å². The van der Waals surface area contributed by atoms with Crippen LogP contribution >= 0.6 is 12.4 Å². The van der Waals surface area contributed by atoms with E-state index in [1.807, 2.05) is 23.1 Å². The van der Waals surface area contributed by atoms with E-state index in [-0.39, 0.29) is 30.7 Å². The Labute approximate surface area is 326 Å². The van der Waals surface area contributed by atoms with Gasteiger partial charge in [-0.2, -0.15) is 5.26 Å². The van der Waals surface area contributed by atoms with Gasteiger partial charge in [0.1, 0.15) is 23.9 Å². The summed E-state index contributed by atoms with van der Waals surface area (Å²) in [5.74, 6) is 2.30. The third-order valence-corrected chi connectivity index (χ3v) is 8.94. The summed E-state index contributed by atoms with van der Waals surface area (Å²) in [5, 5.41) is 9.31. The number of aromatic nitrogens is 1. The topological polar surface area (TPSA) is 106 Å². The van der Waals surface area contributed by atoms with E-state index in [1.165, 1.54) is 37.5 Å². The second-order valence-electron chi connectivity index (χ2n) is 12.6. The maximum Gasteiger partial charge on any atom is 0.246 e. The first-order valence-electron chi connectivity index (χ1n) is 17.6. The van der Waals surface area contributed by atoms with Crippen LogP contribution in [0.25, 0.3) is 6.08 Å². The lowest BCUT2D eigenvalue weighted by Gasteiger charge is -2.34. The first-order valence-corrected chi connectivity index (χ1v) is 17.6. The summed E-state index contributed by atoms with van der Waals surface area (Å²) in [7, 11) is 3.06. The van der Waals surface area contributed by atoms with E-state index in [9.17, 15) is 14.4 Å². The highest BCUT2D eigenvalue weighted by atomic mass is 35.5. The molecule has 0 N–H and O–H groups in total. The third kappa shape index (κ3) is 11.2. The van der Waals surface area contributed by atoms with Crippen LogP contribution in [0.3, 0.4) is 0 Å². The molecule has 55 heavy (non-hydrogen) atoms. The average molecular weight is 765 g/mol. The van der Waals surface area contributed by atoms with Crippen molar-refractivity contribution in [3.8, 4) is 40.7 Å². The normalized spacial score (nSPS) is 12.7. The van der Waals surface area contributed by atoms with Crippen LogP contribution in [0, 0.1) is 17.1 Å². The molecule has 0 saturated carbocycles. The smallest absolute Gasteiger partial charge is 0.246 e. The van der Waals surface area contributed by atoms with Gasteiger partial charge in [-0.05, 0) is 71.3 Å². The molecule has 0 radical (unpaired) electrons. The minimum Gasteiger partial charge on any atom is -0.493 e. The Hall–Kier alpha value is -6.09. The van der Waals surface area contributed by atoms with Gasteiger partial charge in [0.2, 0.25) is 17.5 Å². The molecule has 1 saturated heterocycles. The Morgan fingerprint density at radius 3 is 2.18 bits per heavy atom. The summed E-state index contributed by atoms with van der Waals surface area (Å²) in [4.78, 5) is 21.7. The standard InChI is InChI=1S/C43H41FN4O6.ClH/c1-50-39-25-33(26-40(51-2)43(39)54-41-17-16-38(28-46-41)53-30-35-6-4-3-5-34(35)27-45)11-18-42(49)48-22-20-47(21-23-48)29-32-9-7-31(8-10-32)19-24-52-37-14-12-36(44)13-15-37;/h3-18,25-26,28H,19-24,29-30H2,1-2H3;1H. The summed E-state index contributed by atoms with van der Waals surface area (Å²) in [5.41, 5.74) is 4.44. The quantitative estimate of drug-likeness (QED) is 0.0985. The molecule has 1 aliphatic rings. The monoisotopic (exact) mass is 764 g/mol. The lowest BCUT2D eigenvalue weighted by Crippen LogP contribution is -2.47. The van der Waals surface area contributed by atoms with Crippen LogP contribution in [0.4, 0.5) is 4.39 Å². The number of carbonyl (C=O) groups excluding carboxylic acids is 1. The minimum absolute atomic E-state index is 0. The first kappa shape index (κ1) is 40.1. The highest BCUT2D eigenvalue weighted by Crippen LogP contribution is 2.41. The van der Waals surface area contributed by atoms with E-state index in [0.29, 0.717) is 65.5 Å². The lowest BCUT2D eigenvalue weighted by atomic mass is 10.1. The van der Waals surface area contributed by atoms with Crippen molar-refractivity contribution >= 4 is 24.4 Å². The molecule has 1 aliphatic heterocycles. The molecule has 0 atom stereocenters. The van der Waals surface area contributed by atoms with E-state index in [1.54, 1.807) is 60.8 Å². The third-order valence-electron chi connectivity index (χ3n) is 8.94. The Kier molecular flexibility index (Phi) is 14.5. The molecule has 1 amide bonds. The highest BCUT2D eigenvalue weighted by molar-refractivity contribution is 5.92. The zero-order chi connectivity index (χ0) is 37.7. The second-order valence-corrected chi connectivity index (χ2v) is 12.6.